The highest BCUT2D eigenvalue weighted by molar-refractivity contribution is 6.07. The average molecular weight is 640 g/mol. The fourth-order valence-electron chi connectivity index (χ4n) is 7.47. The molecule has 0 fully saturated rings. The van der Waals surface area contributed by atoms with Crippen LogP contribution in [-0.4, -0.2) is 15.0 Å². The second-order valence-corrected chi connectivity index (χ2v) is 12.8. The first kappa shape index (κ1) is 28.4. The van der Waals surface area contributed by atoms with Crippen LogP contribution in [0.25, 0.3) is 78.4 Å². The second-order valence-electron chi connectivity index (χ2n) is 12.8. The Balaban J connectivity index is 1.12. The number of hydrogen-bond donors (Lipinski definition) is 0. The summed E-state index contributed by atoms with van der Waals surface area (Å²) in [5, 5.41) is 2.17. The van der Waals surface area contributed by atoms with Crippen LogP contribution in [0.2, 0.25) is 0 Å². The summed E-state index contributed by atoms with van der Waals surface area (Å²) in [6.07, 6.45) is 0. The monoisotopic (exact) mass is 639 g/mol. The first-order valence-electron chi connectivity index (χ1n) is 16.9. The van der Waals surface area contributed by atoms with Gasteiger partial charge in [-0.05, 0) is 51.6 Å². The topological polar surface area (TPSA) is 51.8 Å². The molecule has 0 amide bonds. The van der Waals surface area contributed by atoms with Gasteiger partial charge in [0.05, 0.1) is 0 Å². The number of benzene rings is 7. The highest BCUT2D eigenvalue weighted by Crippen LogP contribution is 2.51. The third-order valence-corrected chi connectivity index (χ3v) is 9.83. The molecule has 1 aliphatic carbocycles. The highest BCUT2D eigenvalue weighted by atomic mass is 16.3. The molecule has 0 radical (unpaired) electrons. The van der Waals surface area contributed by atoms with E-state index in [1.807, 2.05) is 60.7 Å². The van der Waals surface area contributed by atoms with Gasteiger partial charge >= 0.3 is 0 Å². The predicted molar refractivity (Wildman–Crippen MR) is 202 cm³/mol. The summed E-state index contributed by atoms with van der Waals surface area (Å²) in [5.41, 5.74) is 13.2. The van der Waals surface area contributed by atoms with Crippen molar-refractivity contribution in [1.82, 2.24) is 15.0 Å². The Bertz CT molecular complexity index is 2640. The van der Waals surface area contributed by atoms with E-state index in [1.54, 1.807) is 0 Å². The largest absolute Gasteiger partial charge is 0.456 e. The van der Waals surface area contributed by atoms with Crippen LogP contribution in [0.3, 0.4) is 0 Å². The van der Waals surface area contributed by atoms with Crippen molar-refractivity contribution in [3.05, 3.63) is 187 Å². The fraction of sp³-hybridized carbons (Fsp3) is 0.0217. The number of furan rings is 1. The molecule has 0 N–H and O–H groups in total. The maximum Gasteiger partial charge on any atom is 0.164 e. The molecular weight excluding hydrogens is 611 g/mol. The van der Waals surface area contributed by atoms with Gasteiger partial charge in [0, 0.05) is 38.9 Å². The number of fused-ring (bicyclic) bond motifs is 6. The number of hydrogen-bond acceptors (Lipinski definition) is 4. The van der Waals surface area contributed by atoms with E-state index in [9.17, 15) is 0 Å². The Morgan fingerprint density at radius 1 is 0.360 bits per heavy atom. The third-order valence-electron chi connectivity index (χ3n) is 9.83. The van der Waals surface area contributed by atoms with Crippen molar-refractivity contribution >= 4 is 21.9 Å². The lowest BCUT2D eigenvalue weighted by atomic mass is 9.87. The summed E-state index contributed by atoms with van der Waals surface area (Å²) >= 11 is 0. The maximum absolute atomic E-state index is 6.84. The molecule has 0 aliphatic heterocycles. The number of aromatic nitrogens is 3. The Labute approximate surface area is 289 Å². The summed E-state index contributed by atoms with van der Waals surface area (Å²) in [6.45, 7) is 0. The van der Waals surface area contributed by atoms with Gasteiger partial charge in [-0.2, -0.15) is 0 Å². The van der Waals surface area contributed by atoms with Crippen LogP contribution in [0.5, 0.6) is 0 Å². The van der Waals surface area contributed by atoms with E-state index < -0.39 is 0 Å². The molecule has 0 saturated heterocycles. The van der Waals surface area contributed by atoms with E-state index in [1.165, 1.54) is 33.4 Å². The lowest BCUT2D eigenvalue weighted by Gasteiger charge is -2.15. The Morgan fingerprint density at radius 2 is 0.920 bits per heavy atom. The molecule has 0 saturated carbocycles. The lowest BCUT2D eigenvalue weighted by molar-refractivity contribution is 0.661. The van der Waals surface area contributed by atoms with Gasteiger partial charge in [-0.1, -0.05) is 152 Å². The molecule has 50 heavy (non-hydrogen) atoms. The second kappa shape index (κ2) is 11.5. The minimum Gasteiger partial charge on any atom is -0.456 e. The van der Waals surface area contributed by atoms with Crippen molar-refractivity contribution in [2.24, 2.45) is 0 Å². The summed E-state index contributed by atoms with van der Waals surface area (Å²) < 4.78 is 6.84. The molecule has 234 valence electrons. The van der Waals surface area contributed by atoms with Crippen LogP contribution in [-0.2, 0) is 0 Å². The van der Waals surface area contributed by atoms with Crippen molar-refractivity contribution < 1.29 is 4.42 Å². The molecule has 10 rings (SSSR count). The van der Waals surface area contributed by atoms with Crippen molar-refractivity contribution in [1.29, 1.82) is 0 Å². The Hall–Kier alpha value is -6.65. The summed E-state index contributed by atoms with van der Waals surface area (Å²) in [6, 6.07) is 59.2. The van der Waals surface area contributed by atoms with Gasteiger partial charge in [-0.3, -0.25) is 0 Å². The van der Waals surface area contributed by atoms with Gasteiger partial charge in [-0.25, -0.2) is 15.0 Å². The standard InChI is InChI=1S/C46H29N3O/c1-4-13-29(14-5-1)32-23-26-37-40(27-32)34-19-10-11-20-36(34)42(37)39-22-12-21-38-35-25-24-33(28-41(35)50-43(38)39)46-48-44(30-15-6-2-7-16-30)47-45(49-46)31-17-8-3-9-18-31/h1-28,42H. The van der Waals surface area contributed by atoms with Crippen molar-refractivity contribution in [2.45, 2.75) is 5.92 Å². The van der Waals surface area contributed by atoms with Crippen LogP contribution in [0.4, 0.5) is 0 Å². The summed E-state index contributed by atoms with van der Waals surface area (Å²) in [5.74, 6) is 1.93. The molecule has 1 aliphatic rings. The van der Waals surface area contributed by atoms with Gasteiger partial charge in [0.15, 0.2) is 17.5 Å². The molecule has 2 heterocycles. The van der Waals surface area contributed by atoms with E-state index in [4.69, 9.17) is 19.4 Å². The zero-order valence-electron chi connectivity index (χ0n) is 27.0. The third kappa shape index (κ3) is 4.65. The molecule has 4 nitrogen and oxygen atoms in total. The first-order valence-corrected chi connectivity index (χ1v) is 16.9. The SMILES string of the molecule is c1ccc(-c2ccc3c(c2)-c2ccccc2C3c2cccc3c2oc2cc(-c4nc(-c5ccccc5)nc(-c5ccccc5)n4)ccc23)cc1. The zero-order chi connectivity index (χ0) is 33.0. The molecule has 0 bridgehead atoms. The molecule has 1 atom stereocenters. The minimum absolute atomic E-state index is 0.0557. The van der Waals surface area contributed by atoms with Gasteiger partial charge in [0.25, 0.3) is 0 Å². The zero-order valence-corrected chi connectivity index (χ0v) is 27.0. The maximum atomic E-state index is 6.84. The van der Waals surface area contributed by atoms with E-state index in [-0.39, 0.29) is 5.92 Å². The number of para-hydroxylation sites is 1. The van der Waals surface area contributed by atoms with Crippen LogP contribution < -0.4 is 0 Å². The molecular formula is C46H29N3O. The molecule has 1 unspecified atom stereocenters. The summed E-state index contributed by atoms with van der Waals surface area (Å²) in [7, 11) is 0. The quantitative estimate of drug-likeness (QED) is 0.188. The molecule has 9 aromatic rings. The van der Waals surface area contributed by atoms with Crippen molar-refractivity contribution in [3.8, 4) is 56.4 Å². The molecule has 4 heteroatoms. The number of nitrogens with zero attached hydrogens (tertiary/aromatic N) is 3. The van der Waals surface area contributed by atoms with Crippen LogP contribution >= 0.6 is 0 Å². The van der Waals surface area contributed by atoms with Gasteiger partial charge < -0.3 is 4.42 Å². The fourth-order valence-corrected chi connectivity index (χ4v) is 7.47. The first-order chi connectivity index (χ1) is 24.8. The Kier molecular flexibility index (Phi) is 6.53. The number of rotatable bonds is 5. The van der Waals surface area contributed by atoms with Crippen molar-refractivity contribution in [3.63, 3.8) is 0 Å². The molecule has 0 spiro atoms. The van der Waals surface area contributed by atoms with Gasteiger partial charge in [0.1, 0.15) is 11.2 Å². The average Bonchev–Trinajstić information content (AvgIpc) is 3.74. The lowest BCUT2D eigenvalue weighted by Crippen LogP contribution is -2.00. The summed E-state index contributed by atoms with van der Waals surface area (Å²) in [4.78, 5) is 14.8. The van der Waals surface area contributed by atoms with E-state index in [0.717, 1.165) is 44.2 Å². The van der Waals surface area contributed by atoms with E-state index >= 15 is 0 Å². The van der Waals surface area contributed by atoms with Crippen LogP contribution in [0.1, 0.15) is 22.6 Å². The normalized spacial score (nSPS) is 13.4. The molecule has 2 aromatic heterocycles. The minimum atomic E-state index is 0.0557. The predicted octanol–water partition coefficient (Wildman–Crippen LogP) is 11.6. The highest BCUT2D eigenvalue weighted by Gasteiger charge is 2.32. The van der Waals surface area contributed by atoms with Crippen LogP contribution in [0, 0.1) is 0 Å². The van der Waals surface area contributed by atoms with E-state index in [0.29, 0.717) is 17.5 Å². The van der Waals surface area contributed by atoms with Gasteiger partial charge in [-0.15, -0.1) is 0 Å². The van der Waals surface area contributed by atoms with Gasteiger partial charge in [0.2, 0.25) is 0 Å². The van der Waals surface area contributed by atoms with Crippen LogP contribution in [0.15, 0.2) is 174 Å². The Morgan fingerprint density at radius 3 is 1.62 bits per heavy atom. The molecule has 7 aromatic carbocycles. The van der Waals surface area contributed by atoms with E-state index in [2.05, 4.69) is 109 Å². The smallest absolute Gasteiger partial charge is 0.164 e. The van der Waals surface area contributed by atoms with Crippen molar-refractivity contribution in [2.75, 3.05) is 0 Å².